The van der Waals surface area contributed by atoms with E-state index in [1.54, 1.807) is 18.5 Å². The minimum Gasteiger partial charge on any atom is -0.363 e. The highest BCUT2D eigenvalue weighted by Crippen LogP contribution is 2.33. The topological polar surface area (TPSA) is 49.3 Å². The molecule has 1 atom stereocenters. The Morgan fingerprint density at radius 1 is 1.33 bits per heavy atom. The smallest absolute Gasteiger partial charge is 0.247 e. The van der Waals surface area contributed by atoms with E-state index in [0.717, 1.165) is 36.3 Å². The SMILES string of the molecule is CN(C)c1cc(C2CCCN2C(=O)/C=C/c2cccnc2)ccn1. The third-order valence-corrected chi connectivity index (χ3v) is 4.25. The lowest BCUT2D eigenvalue weighted by molar-refractivity contribution is -0.126. The molecule has 2 aromatic rings. The van der Waals surface area contributed by atoms with Crippen LogP contribution in [0.4, 0.5) is 5.82 Å². The number of pyridine rings is 2. The first-order chi connectivity index (χ1) is 11.6. The maximum Gasteiger partial charge on any atom is 0.247 e. The van der Waals surface area contributed by atoms with Gasteiger partial charge in [-0.3, -0.25) is 9.78 Å². The molecule has 0 radical (unpaired) electrons. The Morgan fingerprint density at radius 2 is 2.21 bits per heavy atom. The van der Waals surface area contributed by atoms with Crippen molar-refractivity contribution in [2.24, 2.45) is 0 Å². The minimum atomic E-state index is 0.0459. The third-order valence-electron chi connectivity index (χ3n) is 4.25. The highest BCUT2D eigenvalue weighted by Gasteiger charge is 2.29. The van der Waals surface area contributed by atoms with E-state index in [1.807, 2.05) is 54.4 Å². The van der Waals surface area contributed by atoms with Gasteiger partial charge in [-0.25, -0.2) is 4.98 Å². The average molecular weight is 322 g/mol. The number of aromatic nitrogens is 2. The fourth-order valence-electron chi connectivity index (χ4n) is 3.00. The van der Waals surface area contributed by atoms with Gasteiger partial charge in [0.25, 0.3) is 0 Å². The lowest BCUT2D eigenvalue weighted by Crippen LogP contribution is -2.29. The van der Waals surface area contributed by atoms with Crippen LogP contribution >= 0.6 is 0 Å². The summed E-state index contributed by atoms with van der Waals surface area (Å²) < 4.78 is 0. The Bertz CT molecular complexity index is 727. The Morgan fingerprint density at radius 3 is 2.96 bits per heavy atom. The van der Waals surface area contributed by atoms with Crippen LogP contribution in [0.3, 0.4) is 0 Å². The van der Waals surface area contributed by atoms with Gasteiger partial charge in [0.05, 0.1) is 6.04 Å². The largest absolute Gasteiger partial charge is 0.363 e. The molecule has 1 unspecified atom stereocenters. The molecule has 24 heavy (non-hydrogen) atoms. The van der Waals surface area contributed by atoms with E-state index in [4.69, 9.17) is 0 Å². The van der Waals surface area contributed by atoms with E-state index in [9.17, 15) is 4.79 Å². The Hall–Kier alpha value is -2.69. The van der Waals surface area contributed by atoms with Gasteiger partial charge >= 0.3 is 0 Å². The summed E-state index contributed by atoms with van der Waals surface area (Å²) in [6.07, 6.45) is 10.8. The second-order valence-corrected chi connectivity index (χ2v) is 6.15. The molecule has 0 N–H and O–H groups in total. The second-order valence-electron chi connectivity index (χ2n) is 6.15. The van der Waals surface area contributed by atoms with Crippen LogP contribution in [0.25, 0.3) is 6.08 Å². The first-order valence-corrected chi connectivity index (χ1v) is 8.17. The van der Waals surface area contributed by atoms with Crippen LogP contribution in [0.15, 0.2) is 48.9 Å². The summed E-state index contributed by atoms with van der Waals surface area (Å²) in [5.41, 5.74) is 2.08. The fourth-order valence-corrected chi connectivity index (χ4v) is 3.00. The zero-order valence-electron chi connectivity index (χ0n) is 14.1. The van der Waals surface area contributed by atoms with Crippen molar-refractivity contribution in [1.82, 2.24) is 14.9 Å². The van der Waals surface area contributed by atoms with Crippen LogP contribution in [0.5, 0.6) is 0 Å². The molecule has 1 saturated heterocycles. The molecule has 0 saturated carbocycles. The molecule has 0 aliphatic carbocycles. The number of carbonyl (C=O) groups is 1. The van der Waals surface area contributed by atoms with Gasteiger partial charge in [-0.15, -0.1) is 0 Å². The zero-order chi connectivity index (χ0) is 16.9. The molecule has 1 aliphatic rings. The standard InChI is InChI=1S/C19H22N4O/c1-22(2)18-13-16(9-11-21-18)17-6-4-12-23(17)19(24)8-7-15-5-3-10-20-14-15/h3,5,7-11,13-14,17H,4,6,12H2,1-2H3/b8-7+. The molecule has 0 aromatic carbocycles. The number of anilines is 1. The molecular weight excluding hydrogens is 300 g/mol. The highest BCUT2D eigenvalue weighted by molar-refractivity contribution is 5.92. The predicted octanol–water partition coefficient (Wildman–Crippen LogP) is 2.92. The lowest BCUT2D eigenvalue weighted by atomic mass is 10.1. The normalized spacial score (nSPS) is 17.4. The Balaban J connectivity index is 1.76. The summed E-state index contributed by atoms with van der Waals surface area (Å²) in [4.78, 5) is 25.0. The minimum absolute atomic E-state index is 0.0459. The molecule has 1 aliphatic heterocycles. The monoisotopic (exact) mass is 322 g/mol. The lowest BCUT2D eigenvalue weighted by Gasteiger charge is -2.24. The first-order valence-electron chi connectivity index (χ1n) is 8.17. The van der Waals surface area contributed by atoms with E-state index in [2.05, 4.69) is 16.0 Å². The van der Waals surface area contributed by atoms with Crippen molar-refractivity contribution in [3.05, 3.63) is 60.1 Å². The van der Waals surface area contributed by atoms with E-state index in [-0.39, 0.29) is 11.9 Å². The van der Waals surface area contributed by atoms with Gasteiger partial charge < -0.3 is 9.80 Å². The summed E-state index contributed by atoms with van der Waals surface area (Å²) in [6.45, 7) is 0.792. The van der Waals surface area contributed by atoms with Crippen LogP contribution in [0.1, 0.15) is 30.0 Å². The quantitative estimate of drug-likeness (QED) is 0.812. The Labute approximate surface area is 142 Å². The van der Waals surface area contributed by atoms with Crippen molar-refractivity contribution in [2.45, 2.75) is 18.9 Å². The summed E-state index contributed by atoms with van der Waals surface area (Å²) in [5, 5.41) is 0. The molecule has 5 heteroatoms. The van der Waals surface area contributed by atoms with Crippen molar-refractivity contribution >= 4 is 17.8 Å². The van der Waals surface area contributed by atoms with E-state index in [1.165, 1.54) is 0 Å². The van der Waals surface area contributed by atoms with E-state index in [0.29, 0.717) is 0 Å². The van der Waals surface area contributed by atoms with E-state index >= 15 is 0 Å². The Kier molecular flexibility index (Phi) is 4.89. The zero-order valence-corrected chi connectivity index (χ0v) is 14.1. The molecule has 0 bridgehead atoms. The molecule has 2 aromatic heterocycles. The molecule has 3 rings (SSSR count). The van der Waals surface area contributed by atoms with Gasteiger partial charge in [-0.2, -0.15) is 0 Å². The first kappa shape index (κ1) is 16.2. The number of hydrogen-bond acceptors (Lipinski definition) is 4. The van der Waals surface area contributed by atoms with Gasteiger partial charge in [0.15, 0.2) is 0 Å². The van der Waals surface area contributed by atoms with Gasteiger partial charge in [0.1, 0.15) is 5.82 Å². The number of nitrogens with zero attached hydrogens (tertiary/aromatic N) is 4. The number of likely N-dealkylation sites (tertiary alicyclic amines) is 1. The van der Waals surface area contributed by atoms with Crippen molar-refractivity contribution in [3.8, 4) is 0 Å². The van der Waals surface area contributed by atoms with Crippen LogP contribution in [0, 0.1) is 0 Å². The number of amides is 1. The molecule has 1 fully saturated rings. The molecule has 5 nitrogen and oxygen atoms in total. The van der Waals surface area contributed by atoms with Crippen LogP contribution < -0.4 is 4.90 Å². The highest BCUT2D eigenvalue weighted by atomic mass is 16.2. The predicted molar refractivity (Wildman–Crippen MR) is 95.5 cm³/mol. The number of rotatable bonds is 4. The molecule has 0 spiro atoms. The van der Waals surface area contributed by atoms with Crippen molar-refractivity contribution in [3.63, 3.8) is 0 Å². The molecule has 1 amide bonds. The fraction of sp³-hybridized carbons (Fsp3) is 0.316. The third kappa shape index (κ3) is 3.62. The number of carbonyl (C=O) groups excluding carboxylic acids is 1. The maximum absolute atomic E-state index is 12.6. The van der Waals surface area contributed by atoms with Gasteiger partial charge in [0, 0.05) is 45.3 Å². The van der Waals surface area contributed by atoms with Crippen LogP contribution in [-0.4, -0.2) is 41.4 Å². The van der Waals surface area contributed by atoms with Gasteiger partial charge in [0.2, 0.25) is 5.91 Å². The summed E-state index contributed by atoms with van der Waals surface area (Å²) in [7, 11) is 3.95. The van der Waals surface area contributed by atoms with Crippen molar-refractivity contribution in [2.75, 3.05) is 25.5 Å². The van der Waals surface area contributed by atoms with Crippen molar-refractivity contribution < 1.29 is 4.79 Å². The number of hydrogen-bond donors (Lipinski definition) is 0. The summed E-state index contributed by atoms with van der Waals surface area (Å²) in [6, 6.07) is 8.00. The second kappa shape index (κ2) is 7.25. The molecular formula is C19H22N4O. The maximum atomic E-state index is 12.6. The van der Waals surface area contributed by atoms with E-state index < -0.39 is 0 Å². The van der Waals surface area contributed by atoms with Crippen molar-refractivity contribution in [1.29, 1.82) is 0 Å². The summed E-state index contributed by atoms with van der Waals surface area (Å²) >= 11 is 0. The average Bonchev–Trinajstić information content (AvgIpc) is 3.10. The van der Waals surface area contributed by atoms with Crippen LogP contribution in [-0.2, 0) is 4.79 Å². The van der Waals surface area contributed by atoms with Gasteiger partial charge in [-0.1, -0.05) is 6.07 Å². The van der Waals surface area contributed by atoms with Gasteiger partial charge in [-0.05, 0) is 48.2 Å². The summed E-state index contributed by atoms with van der Waals surface area (Å²) in [5.74, 6) is 0.960. The van der Waals surface area contributed by atoms with Crippen LogP contribution in [0.2, 0.25) is 0 Å². The molecule has 3 heterocycles. The molecule has 124 valence electrons.